The molecule has 0 radical (unpaired) electrons. The average molecular weight is 697 g/mol. The normalized spacial score (nSPS) is 14.4. The van der Waals surface area contributed by atoms with Gasteiger partial charge in [0.1, 0.15) is 5.82 Å². The van der Waals surface area contributed by atoms with Crippen LogP contribution in [-0.2, 0) is 16.0 Å². The van der Waals surface area contributed by atoms with Gasteiger partial charge in [0.15, 0.2) is 6.10 Å². The number of carbonyl (C=O) groups excluding carboxylic acids is 2. The Labute approximate surface area is 301 Å². The third kappa shape index (κ3) is 7.53. The number of hydrogen-bond donors (Lipinski definition) is 4. The minimum Gasteiger partial charge on any atom is -0.381 e. The zero-order valence-corrected chi connectivity index (χ0v) is 29.0. The van der Waals surface area contributed by atoms with Gasteiger partial charge in [0.25, 0.3) is 11.8 Å². The molecular formula is C40H40N8O4. The summed E-state index contributed by atoms with van der Waals surface area (Å²) in [7, 11) is 1.59. The number of anilines is 3. The maximum atomic E-state index is 14.1. The lowest BCUT2D eigenvalue weighted by Crippen LogP contribution is -2.38. The number of aliphatic hydroxyl groups is 1. The summed E-state index contributed by atoms with van der Waals surface area (Å²) in [6.45, 7) is 3.12. The molecule has 12 heteroatoms. The Morgan fingerprint density at radius 2 is 1.79 bits per heavy atom. The maximum absolute atomic E-state index is 14.1. The minimum absolute atomic E-state index is 0.0442. The summed E-state index contributed by atoms with van der Waals surface area (Å²) in [5.74, 6) is 0.415. The third-order valence-electron chi connectivity index (χ3n) is 9.41. The van der Waals surface area contributed by atoms with E-state index in [9.17, 15) is 14.7 Å². The van der Waals surface area contributed by atoms with Gasteiger partial charge < -0.3 is 30.4 Å². The van der Waals surface area contributed by atoms with Crippen molar-refractivity contribution in [2.45, 2.75) is 44.2 Å². The van der Waals surface area contributed by atoms with Gasteiger partial charge in [0.2, 0.25) is 5.95 Å². The molecule has 4 N–H and O–H groups in total. The number of aliphatic hydroxyl groups excluding tert-OH is 1. The fraction of sp³-hybridized carbons (Fsp3) is 0.250. The van der Waals surface area contributed by atoms with Crippen LogP contribution < -0.4 is 16.0 Å². The van der Waals surface area contributed by atoms with Crippen LogP contribution in [0.5, 0.6) is 0 Å². The highest BCUT2D eigenvalue weighted by Gasteiger charge is 2.34. The summed E-state index contributed by atoms with van der Waals surface area (Å²) in [4.78, 5) is 44.9. The van der Waals surface area contributed by atoms with Gasteiger partial charge in [0, 0.05) is 67.3 Å². The van der Waals surface area contributed by atoms with Crippen LogP contribution in [0.3, 0.4) is 0 Å². The number of carbonyl (C=O) groups is 2. The Balaban J connectivity index is 1.21. The van der Waals surface area contributed by atoms with E-state index < -0.39 is 18.1 Å². The van der Waals surface area contributed by atoms with Crippen molar-refractivity contribution in [3.63, 3.8) is 0 Å². The number of pyridine rings is 1. The summed E-state index contributed by atoms with van der Waals surface area (Å²) in [5, 5.41) is 20.9. The number of fused-ring (bicyclic) bond motifs is 1. The van der Waals surface area contributed by atoms with Crippen LogP contribution in [0.25, 0.3) is 22.3 Å². The quantitative estimate of drug-likeness (QED) is 0.128. The number of amides is 2. The number of nitrogens with zero attached hydrogens (tertiary/aromatic N) is 5. The molecule has 2 atom stereocenters. The van der Waals surface area contributed by atoms with Crippen LogP contribution in [0.2, 0.25) is 0 Å². The largest absolute Gasteiger partial charge is 0.381 e. The Hall–Kier alpha value is -5.98. The van der Waals surface area contributed by atoms with Gasteiger partial charge in [0.05, 0.1) is 22.8 Å². The minimum atomic E-state index is -1.47. The molecule has 1 aliphatic heterocycles. The number of rotatable bonds is 11. The molecule has 264 valence electrons. The van der Waals surface area contributed by atoms with Crippen molar-refractivity contribution in [1.82, 2.24) is 29.8 Å². The summed E-state index contributed by atoms with van der Waals surface area (Å²) in [5.41, 5.74) is 6.48. The zero-order chi connectivity index (χ0) is 36.0. The van der Waals surface area contributed by atoms with Crippen LogP contribution >= 0.6 is 0 Å². The topological polar surface area (TPSA) is 156 Å². The number of ether oxygens (including phenoxy) is 1. The molecule has 0 unspecified atom stereocenters. The summed E-state index contributed by atoms with van der Waals surface area (Å²) < 4.78 is 7.68. The molecule has 3 aromatic carbocycles. The van der Waals surface area contributed by atoms with Crippen LogP contribution in [0.15, 0.2) is 104 Å². The number of benzene rings is 3. The molecule has 12 nitrogen and oxygen atoms in total. The first kappa shape index (κ1) is 34.5. The molecule has 3 aromatic heterocycles. The molecule has 2 amide bonds. The molecule has 6 aromatic rings. The zero-order valence-electron chi connectivity index (χ0n) is 29.0. The Morgan fingerprint density at radius 1 is 0.962 bits per heavy atom. The molecule has 0 spiro atoms. The lowest BCUT2D eigenvalue weighted by Gasteiger charge is -2.30. The van der Waals surface area contributed by atoms with Crippen molar-refractivity contribution < 1.29 is 19.4 Å². The number of imidazole rings is 1. The highest BCUT2D eigenvalue weighted by Crippen LogP contribution is 2.35. The first-order valence-electron chi connectivity index (χ1n) is 17.3. The molecule has 1 fully saturated rings. The van der Waals surface area contributed by atoms with Crippen molar-refractivity contribution in [2.24, 2.45) is 0 Å². The molecular weight excluding hydrogens is 656 g/mol. The van der Waals surface area contributed by atoms with Crippen molar-refractivity contribution in [3.05, 3.63) is 126 Å². The highest BCUT2D eigenvalue weighted by molar-refractivity contribution is 5.98. The van der Waals surface area contributed by atoms with E-state index in [2.05, 4.69) is 30.9 Å². The standard InChI is InChI=1S/C40H40N8O4/c1-25-10-12-30(23-32(25)47-40-43-18-14-31(46-40)29-9-6-17-42-24-29)44-39(51)36(49)35(21-26-7-4-3-5-8-26)48-34-13-11-28(38(50)41-2)22-33(34)45-37(48)27-15-19-52-20-16-27/h3-14,17-18,22-24,27,35-36,49H,15-16,19-21H2,1-2H3,(H,41,50)(H,44,51)(H,43,46,47)/t35-,36+/m1/s1. The molecule has 0 aliphatic carbocycles. The Bertz CT molecular complexity index is 2190. The highest BCUT2D eigenvalue weighted by atomic mass is 16.5. The molecule has 0 saturated carbocycles. The fourth-order valence-electron chi connectivity index (χ4n) is 6.63. The molecule has 4 heterocycles. The van der Waals surface area contributed by atoms with Gasteiger partial charge in [-0.25, -0.2) is 15.0 Å². The van der Waals surface area contributed by atoms with Gasteiger partial charge >= 0.3 is 0 Å². The molecule has 52 heavy (non-hydrogen) atoms. The summed E-state index contributed by atoms with van der Waals surface area (Å²) in [6, 6.07) is 25.5. The van der Waals surface area contributed by atoms with E-state index in [4.69, 9.17) is 9.72 Å². The smallest absolute Gasteiger partial charge is 0.255 e. The predicted molar refractivity (Wildman–Crippen MR) is 199 cm³/mol. The lowest BCUT2D eigenvalue weighted by atomic mass is 9.96. The second kappa shape index (κ2) is 15.5. The van der Waals surface area contributed by atoms with Gasteiger partial charge in [-0.2, -0.15) is 0 Å². The first-order valence-corrected chi connectivity index (χ1v) is 17.3. The second-order valence-corrected chi connectivity index (χ2v) is 12.9. The van der Waals surface area contributed by atoms with E-state index in [0.717, 1.165) is 46.6 Å². The van der Waals surface area contributed by atoms with Crippen molar-refractivity contribution in [1.29, 1.82) is 0 Å². The van der Waals surface area contributed by atoms with Crippen molar-refractivity contribution in [3.8, 4) is 11.3 Å². The number of aromatic nitrogens is 5. The first-order chi connectivity index (χ1) is 25.4. The van der Waals surface area contributed by atoms with Crippen LogP contribution in [0.1, 0.15) is 52.1 Å². The second-order valence-electron chi connectivity index (χ2n) is 12.9. The Morgan fingerprint density at radius 3 is 2.56 bits per heavy atom. The van der Waals surface area contributed by atoms with Gasteiger partial charge in [-0.1, -0.05) is 36.4 Å². The van der Waals surface area contributed by atoms with E-state index >= 15 is 0 Å². The van der Waals surface area contributed by atoms with Crippen molar-refractivity contribution in [2.75, 3.05) is 30.9 Å². The number of nitrogens with one attached hydrogen (secondary N) is 3. The molecule has 1 saturated heterocycles. The van der Waals surface area contributed by atoms with Gasteiger partial charge in [-0.05, 0) is 85.8 Å². The van der Waals surface area contributed by atoms with E-state index in [1.54, 1.807) is 49.9 Å². The SMILES string of the molecule is CNC(=O)c1ccc2c(c1)nc(C1CCOCC1)n2[C@H](Cc1ccccc1)[C@H](O)C(=O)Nc1ccc(C)c(Nc2nccc(-c3cccnc3)n2)c1. The predicted octanol–water partition coefficient (Wildman–Crippen LogP) is 5.98. The Kier molecular flexibility index (Phi) is 10.3. The maximum Gasteiger partial charge on any atom is 0.255 e. The van der Waals surface area contributed by atoms with Crippen LogP contribution in [-0.4, -0.2) is 67.8 Å². The van der Waals surface area contributed by atoms with E-state index in [1.165, 1.54) is 0 Å². The summed E-state index contributed by atoms with van der Waals surface area (Å²) in [6.07, 6.45) is 5.52. The number of aryl methyl sites for hydroxylation is 1. The van der Waals surface area contributed by atoms with Gasteiger partial charge in [-0.15, -0.1) is 0 Å². The lowest BCUT2D eigenvalue weighted by molar-refractivity contribution is -0.126. The number of hydrogen-bond acceptors (Lipinski definition) is 9. The molecule has 0 bridgehead atoms. The third-order valence-corrected chi connectivity index (χ3v) is 9.41. The monoisotopic (exact) mass is 696 g/mol. The van der Waals surface area contributed by atoms with E-state index in [1.807, 2.05) is 72.2 Å². The van der Waals surface area contributed by atoms with E-state index in [0.29, 0.717) is 48.0 Å². The van der Waals surface area contributed by atoms with Crippen LogP contribution in [0, 0.1) is 6.92 Å². The van der Waals surface area contributed by atoms with E-state index in [-0.39, 0.29) is 11.8 Å². The van der Waals surface area contributed by atoms with Gasteiger partial charge in [-0.3, -0.25) is 14.6 Å². The molecule has 1 aliphatic rings. The van der Waals surface area contributed by atoms with Crippen molar-refractivity contribution >= 4 is 40.2 Å². The summed E-state index contributed by atoms with van der Waals surface area (Å²) >= 11 is 0. The van der Waals surface area contributed by atoms with Crippen LogP contribution in [0.4, 0.5) is 17.3 Å². The fourth-order valence-corrected chi connectivity index (χ4v) is 6.63. The average Bonchev–Trinajstić information content (AvgIpc) is 3.57. The molecule has 7 rings (SSSR count).